The molecule has 25 heavy (non-hydrogen) atoms. The van der Waals surface area contributed by atoms with Gasteiger partial charge in [0.05, 0.1) is 12.1 Å². The van der Waals surface area contributed by atoms with Gasteiger partial charge in [-0.25, -0.2) is 0 Å². The van der Waals surface area contributed by atoms with E-state index < -0.39 is 5.97 Å². The van der Waals surface area contributed by atoms with Crippen LogP contribution in [0.5, 0.6) is 0 Å². The Labute approximate surface area is 146 Å². The SMILES string of the molecule is Cc1ccc(C)n1-c1c(C(=O)NC2CCC(C(=O)O)CC2)cnn1C. The van der Waals surface area contributed by atoms with Gasteiger partial charge in [0.15, 0.2) is 0 Å². The Morgan fingerprint density at radius 1 is 1.16 bits per heavy atom. The van der Waals surface area contributed by atoms with Gasteiger partial charge in [0, 0.05) is 24.5 Å². The summed E-state index contributed by atoms with van der Waals surface area (Å²) in [6.07, 6.45) is 4.19. The summed E-state index contributed by atoms with van der Waals surface area (Å²) in [5, 5.41) is 16.4. The normalized spacial score (nSPS) is 20.4. The molecule has 0 spiro atoms. The molecule has 1 fully saturated rings. The number of aromatic nitrogens is 3. The Kier molecular flexibility index (Phi) is 4.65. The lowest BCUT2D eigenvalue weighted by molar-refractivity contribution is -0.142. The third-order valence-electron chi connectivity index (χ3n) is 5.05. The number of carboxylic acids is 1. The van der Waals surface area contributed by atoms with Gasteiger partial charge in [-0.15, -0.1) is 0 Å². The first-order valence-electron chi connectivity index (χ1n) is 8.59. The zero-order chi connectivity index (χ0) is 18.1. The molecule has 0 saturated heterocycles. The molecule has 0 aromatic carbocycles. The Hall–Kier alpha value is -2.57. The highest BCUT2D eigenvalue weighted by molar-refractivity contribution is 5.97. The maximum absolute atomic E-state index is 12.8. The minimum Gasteiger partial charge on any atom is -0.481 e. The number of hydrogen-bond donors (Lipinski definition) is 2. The zero-order valence-corrected chi connectivity index (χ0v) is 14.8. The van der Waals surface area contributed by atoms with E-state index in [4.69, 9.17) is 5.11 Å². The van der Waals surface area contributed by atoms with Crippen LogP contribution >= 0.6 is 0 Å². The van der Waals surface area contributed by atoms with Crippen LogP contribution in [-0.4, -0.2) is 37.4 Å². The van der Waals surface area contributed by atoms with E-state index in [1.165, 1.54) is 0 Å². The lowest BCUT2D eigenvalue weighted by Gasteiger charge is -2.26. The number of nitrogens with zero attached hydrogens (tertiary/aromatic N) is 3. The van der Waals surface area contributed by atoms with Gasteiger partial charge in [0.25, 0.3) is 5.91 Å². The van der Waals surface area contributed by atoms with Crippen LogP contribution in [0.4, 0.5) is 0 Å². The van der Waals surface area contributed by atoms with Gasteiger partial charge in [0.2, 0.25) is 0 Å². The molecule has 3 rings (SSSR count). The van der Waals surface area contributed by atoms with E-state index in [0.717, 1.165) is 17.2 Å². The summed E-state index contributed by atoms with van der Waals surface area (Å²) in [6.45, 7) is 3.99. The maximum Gasteiger partial charge on any atom is 0.306 e. The first-order valence-corrected chi connectivity index (χ1v) is 8.59. The monoisotopic (exact) mass is 344 g/mol. The Morgan fingerprint density at radius 2 is 1.76 bits per heavy atom. The Bertz CT molecular complexity index is 778. The van der Waals surface area contributed by atoms with Crippen LogP contribution in [0.3, 0.4) is 0 Å². The first-order chi connectivity index (χ1) is 11.9. The van der Waals surface area contributed by atoms with Crippen molar-refractivity contribution >= 4 is 11.9 Å². The molecular formula is C18H24N4O3. The van der Waals surface area contributed by atoms with Crippen LogP contribution in [0, 0.1) is 19.8 Å². The number of carbonyl (C=O) groups excluding carboxylic acids is 1. The quantitative estimate of drug-likeness (QED) is 0.890. The highest BCUT2D eigenvalue weighted by Crippen LogP contribution is 2.25. The van der Waals surface area contributed by atoms with Crippen molar-refractivity contribution in [2.75, 3.05) is 0 Å². The third kappa shape index (κ3) is 3.31. The number of hydrogen-bond acceptors (Lipinski definition) is 3. The van der Waals surface area contributed by atoms with Crippen LogP contribution in [0.15, 0.2) is 18.3 Å². The predicted molar refractivity (Wildman–Crippen MR) is 92.9 cm³/mol. The molecule has 1 aliphatic rings. The predicted octanol–water partition coefficient (Wildman–Crippen LogP) is 2.20. The van der Waals surface area contributed by atoms with Crippen LogP contribution in [0.1, 0.15) is 47.4 Å². The molecule has 2 aromatic heterocycles. The summed E-state index contributed by atoms with van der Waals surface area (Å²) in [6, 6.07) is 4.04. The number of amides is 1. The van der Waals surface area contributed by atoms with Crippen molar-refractivity contribution in [1.82, 2.24) is 19.7 Å². The topological polar surface area (TPSA) is 89.2 Å². The molecular weight excluding hydrogens is 320 g/mol. The fourth-order valence-electron chi connectivity index (χ4n) is 3.61. The van der Waals surface area contributed by atoms with E-state index in [-0.39, 0.29) is 17.9 Å². The van der Waals surface area contributed by atoms with Gasteiger partial charge >= 0.3 is 5.97 Å². The molecule has 7 heteroatoms. The van der Waals surface area contributed by atoms with Crippen molar-refractivity contribution in [3.8, 4) is 5.82 Å². The number of aliphatic carboxylic acids is 1. The zero-order valence-electron chi connectivity index (χ0n) is 14.8. The van der Waals surface area contributed by atoms with E-state index in [2.05, 4.69) is 10.4 Å². The number of nitrogens with one attached hydrogen (secondary N) is 1. The second kappa shape index (κ2) is 6.74. The van der Waals surface area contributed by atoms with Crippen molar-refractivity contribution in [2.24, 2.45) is 13.0 Å². The Balaban J connectivity index is 1.77. The van der Waals surface area contributed by atoms with Gasteiger partial charge < -0.3 is 15.0 Å². The first kappa shape index (κ1) is 17.3. The van der Waals surface area contributed by atoms with Crippen molar-refractivity contribution in [2.45, 2.75) is 45.6 Å². The van der Waals surface area contributed by atoms with Crippen molar-refractivity contribution in [3.05, 3.63) is 35.3 Å². The molecule has 0 radical (unpaired) electrons. The summed E-state index contributed by atoms with van der Waals surface area (Å²) in [4.78, 5) is 23.8. The summed E-state index contributed by atoms with van der Waals surface area (Å²) in [7, 11) is 1.82. The fourth-order valence-corrected chi connectivity index (χ4v) is 3.61. The molecule has 1 aliphatic carbocycles. The molecule has 1 saturated carbocycles. The fraction of sp³-hybridized carbons (Fsp3) is 0.500. The number of carboxylic acid groups (broad SMARTS) is 1. The highest BCUT2D eigenvalue weighted by Gasteiger charge is 2.28. The molecule has 0 bridgehead atoms. The van der Waals surface area contributed by atoms with Crippen molar-refractivity contribution < 1.29 is 14.7 Å². The van der Waals surface area contributed by atoms with Gasteiger partial charge in [-0.1, -0.05) is 0 Å². The summed E-state index contributed by atoms with van der Waals surface area (Å²) in [5.74, 6) is -0.434. The smallest absolute Gasteiger partial charge is 0.306 e. The molecule has 0 atom stereocenters. The van der Waals surface area contributed by atoms with E-state index in [1.54, 1.807) is 10.9 Å². The van der Waals surface area contributed by atoms with Crippen molar-refractivity contribution in [1.29, 1.82) is 0 Å². The van der Waals surface area contributed by atoms with E-state index in [1.807, 2.05) is 37.6 Å². The molecule has 0 unspecified atom stereocenters. The van der Waals surface area contributed by atoms with Gasteiger partial charge in [0.1, 0.15) is 11.4 Å². The minimum absolute atomic E-state index is 0.0167. The summed E-state index contributed by atoms with van der Waals surface area (Å²) < 4.78 is 3.72. The molecule has 7 nitrogen and oxygen atoms in total. The molecule has 134 valence electrons. The number of rotatable bonds is 4. The van der Waals surface area contributed by atoms with E-state index >= 15 is 0 Å². The molecule has 2 N–H and O–H groups in total. The van der Waals surface area contributed by atoms with E-state index in [9.17, 15) is 9.59 Å². The second-order valence-electron chi connectivity index (χ2n) is 6.82. The largest absolute Gasteiger partial charge is 0.481 e. The van der Waals surface area contributed by atoms with Crippen LogP contribution in [-0.2, 0) is 11.8 Å². The van der Waals surface area contributed by atoms with Crippen LogP contribution < -0.4 is 5.32 Å². The van der Waals surface area contributed by atoms with Crippen molar-refractivity contribution in [3.63, 3.8) is 0 Å². The molecule has 2 aromatic rings. The average Bonchev–Trinajstić information content (AvgIpc) is 3.10. The van der Waals surface area contributed by atoms with Gasteiger partial charge in [-0.05, 0) is 51.7 Å². The third-order valence-corrected chi connectivity index (χ3v) is 5.05. The van der Waals surface area contributed by atoms with Gasteiger partial charge in [-0.3, -0.25) is 14.3 Å². The molecule has 2 heterocycles. The number of carbonyl (C=O) groups is 2. The highest BCUT2D eigenvalue weighted by atomic mass is 16.4. The lowest BCUT2D eigenvalue weighted by atomic mass is 9.86. The minimum atomic E-state index is -0.738. The lowest BCUT2D eigenvalue weighted by Crippen LogP contribution is -2.39. The average molecular weight is 344 g/mol. The van der Waals surface area contributed by atoms with Crippen LogP contribution in [0.2, 0.25) is 0 Å². The summed E-state index contributed by atoms with van der Waals surface area (Å²) >= 11 is 0. The Morgan fingerprint density at radius 3 is 2.32 bits per heavy atom. The maximum atomic E-state index is 12.8. The van der Waals surface area contributed by atoms with E-state index in [0.29, 0.717) is 31.2 Å². The summed E-state index contributed by atoms with van der Waals surface area (Å²) in [5.41, 5.74) is 2.61. The molecule has 0 aliphatic heterocycles. The number of aryl methyl sites for hydroxylation is 3. The second-order valence-corrected chi connectivity index (χ2v) is 6.82. The van der Waals surface area contributed by atoms with Crippen LogP contribution in [0.25, 0.3) is 5.82 Å². The standard InChI is InChI=1S/C18H24N4O3/c1-11-4-5-12(2)22(11)17-15(10-19-21(17)3)16(23)20-14-8-6-13(7-9-14)18(24)25/h4-5,10,13-14H,6-9H2,1-3H3,(H,20,23)(H,24,25). The molecule has 1 amide bonds. The van der Waals surface area contributed by atoms with Gasteiger partial charge in [-0.2, -0.15) is 5.10 Å².